The summed E-state index contributed by atoms with van der Waals surface area (Å²) >= 11 is 0. The van der Waals surface area contributed by atoms with Crippen LogP contribution >= 0.6 is 0 Å². The molecule has 2 heterocycles. The van der Waals surface area contributed by atoms with E-state index in [1.54, 1.807) is 25.4 Å². The van der Waals surface area contributed by atoms with Crippen molar-refractivity contribution in [3.05, 3.63) is 48.3 Å². The number of hydrogen-bond donors (Lipinski definition) is 1. The first-order valence-electron chi connectivity index (χ1n) is 8.06. The van der Waals surface area contributed by atoms with E-state index in [1.165, 1.54) is 6.07 Å². The second-order valence-corrected chi connectivity index (χ2v) is 5.87. The molecule has 0 saturated carbocycles. The fourth-order valence-electron chi connectivity index (χ4n) is 2.75. The minimum Gasteiger partial charge on any atom is -0.338 e. The van der Waals surface area contributed by atoms with Gasteiger partial charge >= 0.3 is 0 Å². The topological polar surface area (TPSA) is 61.4 Å². The number of piperazine rings is 1. The van der Waals surface area contributed by atoms with Gasteiger partial charge in [0.2, 0.25) is 11.9 Å². The molecule has 0 aliphatic carbocycles. The predicted octanol–water partition coefficient (Wildman–Crippen LogP) is 1.90. The van der Waals surface area contributed by atoms with Gasteiger partial charge in [0.25, 0.3) is 0 Å². The average molecular weight is 347 g/mol. The van der Waals surface area contributed by atoms with Crippen LogP contribution in [0.2, 0.25) is 0 Å². The second kappa shape index (κ2) is 7.52. The maximum absolute atomic E-state index is 13.2. The Kier molecular flexibility index (Phi) is 5.18. The van der Waals surface area contributed by atoms with Gasteiger partial charge in [-0.25, -0.2) is 18.7 Å². The SMILES string of the molecule is C[C@@H](C(=O)Nc1ccc(F)c(F)c1)N1CCN(c2ncccn2)CC1. The maximum atomic E-state index is 13.2. The molecule has 1 aromatic heterocycles. The fraction of sp³-hybridized carbons (Fsp3) is 0.353. The number of anilines is 2. The highest BCUT2D eigenvalue weighted by Crippen LogP contribution is 2.16. The van der Waals surface area contributed by atoms with Crippen LogP contribution in [0.4, 0.5) is 20.4 Å². The van der Waals surface area contributed by atoms with Crippen LogP contribution in [-0.4, -0.2) is 53.0 Å². The van der Waals surface area contributed by atoms with Crippen molar-refractivity contribution >= 4 is 17.5 Å². The molecule has 1 aliphatic heterocycles. The van der Waals surface area contributed by atoms with Crippen LogP contribution in [0.25, 0.3) is 0 Å². The summed E-state index contributed by atoms with van der Waals surface area (Å²) in [4.78, 5) is 24.9. The number of carbonyl (C=O) groups is 1. The summed E-state index contributed by atoms with van der Waals surface area (Å²) in [5.74, 6) is -1.50. The zero-order valence-electron chi connectivity index (χ0n) is 13.8. The van der Waals surface area contributed by atoms with Crippen molar-refractivity contribution in [2.24, 2.45) is 0 Å². The molecule has 0 spiro atoms. The van der Waals surface area contributed by atoms with E-state index in [0.29, 0.717) is 32.1 Å². The lowest BCUT2D eigenvalue weighted by molar-refractivity contribution is -0.120. The molecular formula is C17H19F2N5O. The summed E-state index contributed by atoms with van der Waals surface area (Å²) in [6.07, 6.45) is 3.40. The number of halogens is 2. The first kappa shape index (κ1) is 17.2. The third-order valence-corrected chi connectivity index (χ3v) is 4.26. The zero-order valence-corrected chi connectivity index (χ0v) is 13.8. The lowest BCUT2D eigenvalue weighted by atomic mass is 10.2. The lowest BCUT2D eigenvalue weighted by Crippen LogP contribution is -2.53. The minimum atomic E-state index is -0.984. The van der Waals surface area contributed by atoms with Crippen molar-refractivity contribution in [3.8, 4) is 0 Å². The molecule has 6 nitrogen and oxygen atoms in total. The molecule has 132 valence electrons. The van der Waals surface area contributed by atoms with E-state index in [4.69, 9.17) is 0 Å². The van der Waals surface area contributed by atoms with Crippen molar-refractivity contribution in [1.82, 2.24) is 14.9 Å². The van der Waals surface area contributed by atoms with Gasteiger partial charge in [-0.05, 0) is 25.1 Å². The number of aromatic nitrogens is 2. The molecule has 1 fully saturated rings. The van der Waals surface area contributed by atoms with Crippen molar-refractivity contribution < 1.29 is 13.6 Å². The van der Waals surface area contributed by atoms with Gasteiger partial charge in [0.15, 0.2) is 11.6 Å². The summed E-state index contributed by atoms with van der Waals surface area (Å²) in [6.45, 7) is 4.60. The molecule has 0 bridgehead atoms. The number of carbonyl (C=O) groups excluding carboxylic acids is 1. The summed E-state index contributed by atoms with van der Waals surface area (Å²) in [7, 11) is 0. The standard InChI is InChI=1S/C17H19F2N5O/c1-12(16(25)22-13-3-4-14(18)15(19)11-13)23-7-9-24(10-8-23)17-20-5-2-6-21-17/h2-6,11-12H,7-10H2,1H3,(H,22,25)/t12-/m0/s1. The normalized spacial score (nSPS) is 16.5. The molecule has 1 N–H and O–H groups in total. The van der Waals surface area contributed by atoms with Crippen LogP contribution < -0.4 is 10.2 Å². The molecule has 3 rings (SSSR count). The van der Waals surface area contributed by atoms with Crippen LogP contribution in [0.3, 0.4) is 0 Å². The van der Waals surface area contributed by atoms with Crippen LogP contribution in [0, 0.1) is 11.6 Å². The number of rotatable bonds is 4. The van der Waals surface area contributed by atoms with Gasteiger partial charge in [-0.1, -0.05) is 0 Å². The highest BCUT2D eigenvalue weighted by molar-refractivity contribution is 5.94. The number of nitrogens with zero attached hydrogens (tertiary/aromatic N) is 4. The first-order valence-corrected chi connectivity index (χ1v) is 8.06. The first-order chi connectivity index (χ1) is 12.0. The van der Waals surface area contributed by atoms with Crippen molar-refractivity contribution in [2.45, 2.75) is 13.0 Å². The summed E-state index contributed by atoms with van der Waals surface area (Å²) in [5.41, 5.74) is 0.243. The Bertz CT molecular complexity index is 735. The molecular weight excluding hydrogens is 328 g/mol. The van der Waals surface area contributed by atoms with E-state index in [-0.39, 0.29) is 17.6 Å². The molecule has 0 unspecified atom stereocenters. The Hall–Kier alpha value is -2.61. The third-order valence-electron chi connectivity index (χ3n) is 4.26. The molecule has 0 radical (unpaired) electrons. The Morgan fingerprint density at radius 2 is 1.80 bits per heavy atom. The van der Waals surface area contributed by atoms with Crippen molar-refractivity contribution in [2.75, 3.05) is 36.4 Å². The van der Waals surface area contributed by atoms with Crippen molar-refractivity contribution in [3.63, 3.8) is 0 Å². The minimum absolute atomic E-state index is 0.243. The number of nitrogens with one attached hydrogen (secondary N) is 1. The Balaban J connectivity index is 1.55. The molecule has 8 heteroatoms. The summed E-state index contributed by atoms with van der Waals surface area (Å²) < 4.78 is 26.2. The van der Waals surface area contributed by atoms with E-state index in [1.807, 2.05) is 4.90 Å². The molecule has 2 aromatic rings. The molecule has 1 atom stereocenters. The molecule has 1 saturated heterocycles. The van der Waals surface area contributed by atoms with E-state index in [2.05, 4.69) is 20.2 Å². The second-order valence-electron chi connectivity index (χ2n) is 5.87. The lowest BCUT2D eigenvalue weighted by Gasteiger charge is -2.37. The Morgan fingerprint density at radius 1 is 1.12 bits per heavy atom. The van der Waals surface area contributed by atoms with Crippen molar-refractivity contribution in [1.29, 1.82) is 0 Å². The fourth-order valence-corrected chi connectivity index (χ4v) is 2.75. The van der Waals surface area contributed by atoms with Crippen LogP contribution in [0.15, 0.2) is 36.7 Å². The van der Waals surface area contributed by atoms with E-state index in [9.17, 15) is 13.6 Å². The van der Waals surface area contributed by atoms with Crippen LogP contribution in [0.1, 0.15) is 6.92 Å². The van der Waals surface area contributed by atoms with E-state index in [0.717, 1.165) is 12.1 Å². The molecule has 1 aromatic carbocycles. The van der Waals surface area contributed by atoms with E-state index >= 15 is 0 Å². The monoisotopic (exact) mass is 347 g/mol. The third kappa shape index (κ3) is 4.08. The highest BCUT2D eigenvalue weighted by atomic mass is 19.2. The summed E-state index contributed by atoms with van der Waals surface area (Å²) in [6, 6.07) is 4.70. The van der Waals surface area contributed by atoms with Crippen LogP contribution in [0.5, 0.6) is 0 Å². The highest BCUT2D eigenvalue weighted by Gasteiger charge is 2.26. The maximum Gasteiger partial charge on any atom is 0.241 e. The van der Waals surface area contributed by atoms with Gasteiger partial charge in [0.05, 0.1) is 6.04 Å². The van der Waals surface area contributed by atoms with Gasteiger partial charge in [0, 0.05) is 50.3 Å². The quantitative estimate of drug-likeness (QED) is 0.915. The Labute approximate surface area is 144 Å². The molecule has 25 heavy (non-hydrogen) atoms. The largest absolute Gasteiger partial charge is 0.338 e. The number of hydrogen-bond acceptors (Lipinski definition) is 5. The van der Waals surface area contributed by atoms with Gasteiger partial charge < -0.3 is 10.2 Å². The molecule has 1 aliphatic rings. The van der Waals surface area contributed by atoms with Gasteiger partial charge in [0.1, 0.15) is 0 Å². The number of amides is 1. The zero-order chi connectivity index (χ0) is 17.8. The van der Waals surface area contributed by atoms with E-state index < -0.39 is 11.6 Å². The number of benzene rings is 1. The van der Waals surface area contributed by atoms with Gasteiger partial charge in [-0.2, -0.15) is 0 Å². The van der Waals surface area contributed by atoms with Gasteiger partial charge in [-0.3, -0.25) is 9.69 Å². The predicted molar refractivity (Wildman–Crippen MR) is 90.3 cm³/mol. The van der Waals surface area contributed by atoms with Crippen LogP contribution in [-0.2, 0) is 4.79 Å². The molecule has 1 amide bonds. The smallest absolute Gasteiger partial charge is 0.241 e. The Morgan fingerprint density at radius 3 is 2.44 bits per heavy atom. The average Bonchev–Trinajstić information content (AvgIpc) is 2.65. The summed E-state index contributed by atoms with van der Waals surface area (Å²) in [5, 5.41) is 2.62. The van der Waals surface area contributed by atoms with Gasteiger partial charge in [-0.15, -0.1) is 0 Å².